The number of hydrogen-bond acceptors (Lipinski definition) is 6. The van der Waals surface area contributed by atoms with Crippen molar-refractivity contribution in [3.05, 3.63) is 18.2 Å². The maximum atomic E-state index is 9.90. The number of rotatable bonds is 3. The first kappa shape index (κ1) is 14.6. The zero-order chi connectivity index (χ0) is 15.0. The number of nitrogen functional groups attached to an aromatic ring is 1. The van der Waals surface area contributed by atoms with Crippen molar-refractivity contribution in [1.82, 2.24) is 9.88 Å². The standard InChI is InChI=1S/C15H22N4OS/c1-15(2,20)10-18-5-7-19(8-6-18)14-17-12-4-3-11(16)9-13(12)21-14/h3-4,9,20H,5-8,10,16H2,1-2H3. The highest BCUT2D eigenvalue weighted by Crippen LogP contribution is 2.30. The molecule has 0 amide bonds. The predicted molar refractivity (Wildman–Crippen MR) is 89.0 cm³/mol. The molecule has 2 heterocycles. The first-order chi connectivity index (χ1) is 9.90. The molecule has 3 N–H and O–H groups in total. The number of benzene rings is 1. The number of hydrogen-bond donors (Lipinski definition) is 2. The second kappa shape index (κ2) is 5.44. The van der Waals surface area contributed by atoms with Crippen molar-refractivity contribution >= 4 is 32.4 Å². The first-order valence-corrected chi connectivity index (χ1v) is 8.08. The van der Waals surface area contributed by atoms with Gasteiger partial charge in [0.05, 0.1) is 15.8 Å². The second-order valence-corrected chi connectivity index (χ2v) is 7.31. The third-order valence-electron chi connectivity index (χ3n) is 3.65. The quantitative estimate of drug-likeness (QED) is 0.846. The van der Waals surface area contributed by atoms with Crippen molar-refractivity contribution in [2.24, 2.45) is 0 Å². The molecule has 1 fully saturated rings. The van der Waals surface area contributed by atoms with Crippen LogP contribution in [0.25, 0.3) is 10.2 Å². The van der Waals surface area contributed by atoms with Gasteiger partial charge in [-0.25, -0.2) is 4.98 Å². The van der Waals surface area contributed by atoms with Gasteiger partial charge in [0.2, 0.25) is 0 Å². The van der Waals surface area contributed by atoms with E-state index in [1.54, 1.807) is 11.3 Å². The summed E-state index contributed by atoms with van der Waals surface area (Å²) in [6.45, 7) is 8.26. The van der Waals surface area contributed by atoms with Crippen LogP contribution < -0.4 is 10.6 Å². The molecule has 1 aromatic heterocycles. The number of piperazine rings is 1. The van der Waals surface area contributed by atoms with Gasteiger partial charge in [0.1, 0.15) is 0 Å². The molecule has 0 aliphatic carbocycles. The fourth-order valence-corrected chi connectivity index (χ4v) is 3.77. The van der Waals surface area contributed by atoms with Crippen LogP contribution in [0.1, 0.15) is 13.8 Å². The topological polar surface area (TPSA) is 65.6 Å². The van der Waals surface area contributed by atoms with Crippen molar-refractivity contribution in [3.63, 3.8) is 0 Å². The molecule has 114 valence electrons. The van der Waals surface area contributed by atoms with Gasteiger partial charge in [0, 0.05) is 38.4 Å². The van der Waals surface area contributed by atoms with Crippen LogP contribution in [0, 0.1) is 0 Å². The van der Waals surface area contributed by atoms with Crippen molar-refractivity contribution < 1.29 is 5.11 Å². The molecule has 0 radical (unpaired) electrons. The summed E-state index contributed by atoms with van der Waals surface area (Å²) in [5, 5.41) is 11.0. The number of aliphatic hydroxyl groups is 1. The van der Waals surface area contributed by atoms with Crippen molar-refractivity contribution in [3.8, 4) is 0 Å². The Balaban J connectivity index is 1.68. The van der Waals surface area contributed by atoms with E-state index in [2.05, 4.69) is 9.80 Å². The van der Waals surface area contributed by atoms with Gasteiger partial charge >= 0.3 is 0 Å². The lowest BCUT2D eigenvalue weighted by Crippen LogP contribution is -2.50. The van der Waals surface area contributed by atoms with E-state index in [1.807, 2.05) is 32.0 Å². The Morgan fingerprint density at radius 1 is 1.29 bits per heavy atom. The summed E-state index contributed by atoms with van der Waals surface area (Å²) in [5.41, 5.74) is 7.00. The van der Waals surface area contributed by atoms with E-state index in [4.69, 9.17) is 10.7 Å². The lowest BCUT2D eigenvalue weighted by molar-refractivity contribution is 0.0345. The summed E-state index contributed by atoms with van der Waals surface area (Å²) < 4.78 is 1.14. The number of thiazole rings is 1. The average Bonchev–Trinajstić information content (AvgIpc) is 2.80. The third kappa shape index (κ3) is 3.45. The van der Waals surface area contributed by atoms with Gasteiger partial charge in [-0.2, -0.15) is 0 Å². The fraction of sp³-hybridized carbons (Fsp3) is 0.533. The Morgan fingerprint density at radius 3 is 2.67 bits per heavy atom. The van der Waals surface area contributed by atoms with Crippen LogP contribution in [-0.2, 0) is 0 Å². The molecular formula is C15H22N4OS. The predicted octanol–water partition coefficient (Wildman–Crippen LogP) is 1.77. The van der Waals surface area contributed by atoms with Crippen LogP contribution in [0.4, 0.5) is 10.8 Å². The van der Waals surface area contributed by atoms with Gasteiger partial charge in [0.25, 0.3) is 0 Å². The number of aromatic nitrogens is 1. The van der Waals surface area contributed by atoms with Crippen LogP contribution in [0.15, 0.2) is 18.2 Å². The molecule has 0 unspecified atom stereocenters. The minimum atomic E-state index is -0.629. The van der Waals surface area contributed by atoms with E-state index < -0.39 is 5.60 Å². The summed E-state index contributed by atoms with van der Waals surface area (Å²) in [6, 6.07) is 5.86. The van der Waals surface area contributed by atoms with Crippen molar-refractivity contribution in [1.29, 1.82) is 0 Å². The summed E-state index contributed by atoms with van der Waals surface area (Å²) >= 11 is 1.70. The zero-order valence-electron chi connectivity index (χ0n) is 12.5. The molecular weight excluding hydrogens is 284 g/mol. The number of β-amino-alcohol motifs (C(OH)–C–C–N with tert-alkyl or cyclic N) is 1. The minimum Gasteiger partial charge on any atom is -0.399 e. The summed E-state index contributed by atoms with van der Waals surface area (Å²) in [4.78, 5) is 9.33. The first-order valence-electron chi connectivity index (χ1n) is 7.26. The Kier molecular flexibility index (Phi) is 3.77. The molecule has 0 spiro atoms. The molecule has 1 saturated heterocycles. The van der Waals surface area contributed by atoms with Gasteiger partial charge in [-0.15, -0.1) is 0 Å². The number of anilines is 2. The van der Waals surface area contributed by atoms with Crippen LogP contribution >= 0.6 is 11.3 Å². The Labute approximate surface area is 129 Å². The maximum absolute atomic E-state index is 9.90. The number of nitrogens with two attached hydrogens (primary N) is 1. The Morgan fingerprint density at radius 2 is 2.00 bits per heavy atom. The summed E-state index contributed by atoms with van der Waals surface area (Å²) in [5.74, 6) is 0. The normalized spacial score (nSPS) is 17.6. The van der Waals surface area contributed by atoms with E-state index in [9.17, 15) is 5.11 Å². The lowest BCUT2D eigenvalue weighted by atomic mass is 10.1. The molecule has 2 aromatic rings. The van der Waals surface area contributed by atoms with Crippen molar-refractivity contribution in [2.45, 2.75) is 19.4 Å². The molecule has 6 heteroatoms. The molecule has 0 saturated carbocycles. The maximum Gasteiger partial charge on any atom is 0.186 e. The minimum absolute atomic E-state index is 0.629. The smallest absolute Gasteiger partial charge is 0.186 e. The third-order valence-corrected chi connectivity index (χ3v) is 4.73. The molecule has 3 rings (SSSR count). The molecule has 21 heavy (non-hydrogen) atoms. The average molecular weight is 306 g/mol. The largest absolute Gasteiger partial charge is 0.399 e. The molecule has 1 aliphatic heterocycles. The van der Waals surface area contributed by atoms with Gasteiger partial charge in [0.15, 0.2) is 5.13 Å². The monoisotopic (exact) mass is 306 g/mol. The molecule has 5 nitrogen and oxygen atoms in total. The van der Waals surface area contributed by atoms with E-state index in [0.29, 0.717) is 0 Å². The number of nitrogens with zero attached hydrogens (tertiary/aromatic N) is 3. The lowest BCUT2D eigenvalue weighted by Gasteiger charge is -2.37. The van der Waals surface area contributed by atoms with Crippen LogP contribution in [0.3, 0.4) is 0 Å². The highest BCUT2D eigenvalue weighted by molar-refractivity contribution is 7.22. The van der Waals surface area contributed by atoms with Crippen LogP contribution in [-0.4, -0.2) is 53.3 Å². The zero-order valence-corrected chi connectivity index (χ0v) is 13.4. The highest BCUT2D eigenvalue weighted by Gasteiger charge is 2.24. The molecule has 1 aliphatic rings. The van der Waals surface area contributed by atoms with Crippen molar-refractivity contribution in [2.75, 3.05) is 43.4 Å². The Hall–Kier alpha value is -1.37. The molecule has 0 atom stereocenters. The Bertz CT molecular complexity index is 626. The van der Waals surface area contributed by atoms with E-state index in [-0.39, 0.29) is 0 Å². The van der Waals surface area contributed by atoms with Gasteiger partial charge in [-0.3, -0.25) is 4.90 Å². The fourth-order valence-electron chi connectivity index (χ4n) is 2.71. The SMILES string of the molecule is CC(C)(O)CN1CCN(c2nc3ccc(N)cc3s2)CC1. The molecule has 0 bridgehead atoms. The van der Waals surface area contributed by atoms with Gasteiger partial charge < -0.3 is 15.7 Å². The van der Waals surface area contributed by atoms with Gasteiger partial charge in [-0.05, 0) is 32.0 Å². The molecule has 1 aromatic carbocycles. The number of fused-ring (bicyclic) bond motifs is 1. The summed E-state index contributed by atoms with van der Waals surface area (Å²) in [6.07, 6.45) is 0. The highest BCUT2D eigenvalue weighted by atomic mass is 32.1. The van der Waals surface area contributed by atoms with E-state index >= 15 is 0 Å². The van der Waals surface area contributed by atoms with Crippen LogP contribution in [0.2, 0.25) is 0 Å². The van der Waals surface area contributed by atoms with Crippen LogP contribution in [0.5, 0.6) is 0 Å². The second-order valence-electron chi connectivity index (χ2n) is 6.30. The van der Waals surface area contributed by atoms with Gasteiger partial charge in [-0.1, -0.05) is 11.3 Å². The van der Waals surface area contributed by atoms with E-state index in [1.165, 1.54) is 0 Å². The summed E-state index contributed by atoms with van der Waals surface area (Å²) in [7, 11) is 0. The van der Waals surface area contributed by atoms with E-state index in [0.717, 1.165) is 53.8 Å².